The van der Waals surface area contributed by atoms with Crippen molar-refractivity contribution in [3.63, 3.8) is 0 Å². The van der Waals surface area contributed by atoms with Crippen LogP contribution in [0.3, 0.4) is 0 Å². The lowest BCUT2D eigenvalue weighted by Gasteiger charge is -2.10. The van der Waals surface area contributed by atoms with E-state index in [-0.39, 0.29) is 34.7 Å². The molecule has 0 radical (unpaired) electrons. The molecule has 0 spiro atoms. The van der Waals surface area contributed by atoms with Gasteiger partial charge in [-0.15, -0.1) is 0 Å². The number of aromatic nitrogens is 4. The second-order valence-electron chi connectivity index (χ2n) is 7.88. The lowest BCUT2D eigenvalue weighted by molar-refractivity contribution is -0.136. The number of rotatable bonds is 7. The number of hydrogen-bond acceptors (Lipinski definition) is 7. The van der Waals surface area contributed by atoms with E-state index in [0.717, 1.165) is 5.56 Å². The monoisotopic (exact) mass is 487 g/mol. The van der Waals surface area contributed by atoms with Crippen LogP contribution in [0.1, 0.15) is 36.7 Å². The summed E-state index contributed by atoms with van der Waals surface area (Å²) >= 11 is 0. The summed E-state index contributed by atoms with van der Waals surface area (Å²) in [4.78, 5) is 43.6. The molecule has 0 unspecified atom stereocenters. The topological polar surface area (TPSA) is 182 Å². The van der Waals surface area contributed by atoms with E-state index in [0.29, 0.717) is 17.8 Å². The molecule has 0 aliphatic heterocycles. The number of amides is 2. The van der Waals surface area contributed by atoms with E-state index >= 15 is 0 Å². The maximum Gasteiger partial charge on any atom is 0.314 e. The zero-order chi connectivity index (χ0) is 25.0. The predicted octanol–water partition coefficient (Wildman–Crippen LogP) is 0.332. The highest BCUT2D eigenvalue weighted by molar-refractivity contribution is 7.89. The quantitative estimate of drug-likeness (QED) is 0.346. The van der Waals surface area contributed by atoms with Crippen molar-refractivity contribution in [2.45, 2.75) is 38.0 Å². The van der Waals surface area contributed by atoms with Crippen molar-refractivity contribution < 1.29 is 18.0 Å². The van der Waals surface area contributed by atoms with E-state index in [1.54, 1.807) is 25.1 Å². The lowest BCUT2D eigenvalue weighted by Crippen LogP contribution is -2.37. The van der Waals surface area contributed by atoms with Crippen molar-refractivity contribution in [3.05, 3.63) is 63.7 Å². The summed E-state index contributed by atoms with van der Waals surface area (Å²) in [5.74, 6) is -1.52. The fourth-order valence-electron chi connectivity index (χ4n) is 3.03. The Morgan fingerprint density at radius 3 is 2.44 bits per heavy atom. The molecule has 12 nitrogen and oxygen atoms in total. The molecule has 2 aromatic heterocycles. The highest BCUT2D eigenvalue weighted by atomic mass is 32.2. The minimum Gasteiger partial charge on any atom is -0.347 e. The molecule has 0 saturated carbocycles. The van der Waals surface area contributed by atoms with Gasteiger partial charge in [-0.05, 0) is 37.0 Å². The van der Waals surface area contributed by atoms with Gasteiger partial charge >= 0.3 is 11.8 Å². The molecule has 5 N–H and O–H groups in total. The minimum atomic E-state index is -3.78. The van der Waals surface area contributed by atoms with E-state index in [1.165, 1.54) is 22.9 Å². The van der Waals surface area contributed by atoms with Crippen LogP contribution in [0.25, 0.3) is 5.95 Å². The summed E-state index contributed by atoms with van der Waals surface area (Å²) in [6.07, 6.45) is 0.369. The van der Waals surface area contributed by atoms with Gasteiger partial charge in [-0.3, -0.25) is 19.4 Å². The summed E-state index contributed by atoms with van der Waals surface area (Å²) in [5, 5.41) is 14.3. The number of nitrogens with two attached hydrogens (primary N) is 1. The van der Waals surface area contributed by atoms with Gasteiger partial charge < -0.3 is 10.6 Å². The highest BCUT2D eigenvalue weighted by Crippen LogP contribution is 2.16. The molecule has 0 aliphatic carbocycles. The van der Waals surface area contributed by atoms with Gasteiger partial charge in [0.2, 0.25) is 16.0 Å². The van der Waals surface area contributed by atoms with Gasteiger partial charge in [0, 0.05) is 18.7 Å². The Labute approximate surface area is 195 Å². The smallest absolute Gasteiger partial charge is 0.314 e. The highest BCUT2D eigenvalue weighted by Gasteiger charge is 2.18. The number of hydrogen-bond donors (Lipinski definition) is 4. The molecule has 0 fully saturated rings. The van der Waals surface area contributed by atoms with Crippen LogP contribution in [0.4, 0.5) is 5.82 Å². The second kappa shape index (κ2) is 9.97. The van der Waals surface area contributed by atoms with Crippen LogP contribution in [-0.4, -0.2) is 46.5 Å². The van der Waals surface area contributed by atoms with Crippen LogP contribution in [0.2, 0.25) is 0 Å². The fourth-order valence-corrected chi connectivity index (χ4v) is 3.54. The van der Waals surface area contributed by atoms with Crippen molar-refractivity contribution in [2.75, 3.05) is 11.9 Å². The molecular formula is C21H25N7O5S. The average Bonchev–Trinajstić information content (AvgIpc) is 3.12. The third-order valence-electron chi connectivity index (χ3n) is 4.77. The van der Waals surface area contributed by atoms with Crippen LogP contribution in [-0.2, 0) is 26.0 Å². The zero-order valence-corrected chi connectivity index (χ0v) is 19.6. The third-order valence-corrected chi connectivity index (χ3v) is 5.70. The molecule has 3 rings (SSSR count). The van der Waals surface area contributed by atoms with Crippen molar-refractivity contribution >= 4 is 27.7 Å². The largest absolute Gasteiger partial charge is 0.347 e. The Hall–Kier alpha value is -3.84. The third kappa shape index (κ3) is 6.14. The van der Waals surface area contributed by atoms with E-state index in [9.17, 15) is 22.8 Å². The first-order valence-corrected chi connectivity index (χ1v) is 11.9. The van der Waals surface area contributed by atoms with E-state index in [2.05, 4.69) is 25.7 Å². The molecule has 0 bridgehead atoms. The van der Waals surface area contributed by atoms with Gasteiger partial charge in [0.25, 0.3) is 5.56 Å². The Bertz CT molecular complexity index is 1380. The van der Waals surface area contributed by atoms with Crippen LogP contribution < -0.4 is 21.3 Å². The number of benzene rings is 1. The van der Waals surface area contributed by atoms with E-state index in [1.807, 2.05) is 13.8 Å². The molecule has 180 valence electrons. The second-order valence-corrected chi connectivity index (χ2v) is 9.44. The Morgan fingerprint density at radius 1 is 1.15 bits per heavy atom. The number of anilines is 1. The summed E-state index contributed by atoms with van der Waals surface area (Å²) in [7, 11) is -3.78. The van der Waals surface area contributed by atoms with Crippen LogP contribution in [0.15, 0.2) is 46.1 Å². The Kier molecular flexibility index (Phi) is 7.27. The summed E-state index contributed by atoms with van der Waals surface area (Å²) in [5.41, 5.74) is 1.48. The first-order valence-electron chi connectivity index (χ1n) is 10.3. The number of nitrogens with one attached hydrogen (secondary N) is 3. The lowest BCUT2D eigenvalue weighted by atomic mass is 10.1. The van der Waals surface area contributed by atoms with Gasteiger partial charge in [0.05, 0.1) is 16.3 Å². The normalized spacial score (nSPS) is 11.4. The fraction of sp³-hybridized carbons (Fsp3) is 0.286. The molecular weight excluding hydrogens is 462 g/mol. The maximum atomic E-state index is 12.4. The molecule has 0 saturated heterocycles. The Balaban J connectivity index is 1.65. The number of carbonyl (C=O) groups is 2. The van der Waals surface area contributed by atoms with Crippen LogP contribution in [0.5, 0.6) is 0 Å². The number of primary sulfonamides is 1. The summed E-state index contributed by atoms with van der Waals surface area (Å²) in [6, 6.07) is 8.82. The summed E-state index contributed by atoms with van der Waals surface area (Å²) < 4.78 is 23.9. The number of sulfonamides is 1. The van der Waals surface area contributed by atoms with E-state index < -0.39 is 21.8 Å². The van der Waals surface area contributed by atoms with Crippen molar-refractivity contribution in [1.82, 2.24) is 25.1 Å². The van der Waals surface area contributed by atoms with Crippen molar-refractivity contribution in [2.24, 2.45) is 5.14 Å². The summed E-state index contributed by atoms with van der Waals surface area (Å²) in [6.45, 7) is 5.62. The number of nitrogens with zero attached hydrogens (tertiary/aromatic N) is 3. The van der Waals surface area contributed by atoms with Crippen LogP contribution >= 0.6 is 0 Å². The minimum absolute atomic E-state index is 0.00237. The van der Waals surface area contributed by atoms with E-state index in [4.69, 9.17) is 5.14 Å². The molecule has 0 aliphatic rings. The molecule has 2 amide bonds. The van der Waals surface area contributed by atoms with Crippen molar-refractivity contribution in [3.8, 4) is 5.95 Å². The zero-order valence-electron chi connectivity index (χ0n) is 18.8. The number of carbonyl (C=O) groups excluding carboxylic acids is 2. The Morgan fingerprint density at radius 2 is 1.82 bits per heavy atom. The first-order chi connectivity index (χ1) is 15.9. The van der Waals surface area contributed by atoms with Gasteiger partial charge in [-0.2, -0.15) is 9.78 Å². The SMILES string of the molecule is Cc1cc(NC(=O)C(=O)NCCc2ccc(S(N)(=O)=O)cc2)n(-c2nc(C(C)C)cc(=O)[nH]2)n1. The van der Waals surface area contributed by atoms with Crippen molar-refractivity contribution in [1.29, 1.82) is 0 Å². The molecule has 0 atom stereocenters. The van der Waals surface area contributed by atoms with Gasteiger partial charge in [-0.25, -0.2) is 18.5 Å². The molecule has 2 heterocycles. The predicted molar refractivity (Wildman–Crippen MR) is 124 cm³/mol. The number of aromatic amines is 1. The first kappa shape index (κ1) is 24.8. The number of H-pyrrole nitrogens is 1. The molecule has 3 aromatic rings. The number of aryl methyl sites for hydroxylation is 1. The van der Waals surface area contributed by atoms with Gasteiger partial charge in [0.1, 0.15) is 5.82 Å². The molecule has 1 aromatic carbocycles. The molecule has 34 heavy (non-hydrogen) atoms. The van der Waals surface area contributed by atoms with Gasteiger partial charge in [-0.1, -0.05) is 26.0 Å². The van der Waals surface area contributed by atoms with Crippen LogP contribution in [0, 0.1) is 6.92 Å². The average molecular weight is 488 g/mol. The standard InChI is InChI=1S/C21H25N7O5S/c1-12(2)16-11-18(29)26-21(24-16)28-17(10-13(3)27-28)25-20(31)19(30)23-9-8-14-4-6-15(7-5-14)34(22,32)33/h4-7,10-12H,8-9H2,1-3H3,(H,23,30)(H,25,31)(H2,22,32,33)(H,24,26,29). The van der Waals surface area contributed by atoms with Gasteiger partial charge in [0.15, 0.2) is 0 Å². The molecule has 13 heteroatoms. The maximum absolute atomic E-state index is 12.4.